The van der Waals surface area contributed by atoms with E-state index in [1.807, 2.05) is 6.92 Å². The van der Waals surface area contributed by atoms with Crippen LogP contribution in [0.15, 0.2) is 44.8 Å². The number of phenols is 1. The minimum absolute atomic E-state index is 0.0406. The second-order valence-electron chi connectivity index (χ2n) is 16.9. The Kier molecular flexibility index (Phi) is 9.77. The second-order valence-corrected chi connectivity index (χ2v) is 18.0. The molecule has 0 bridgehead atoms. The number of phenolic OH excluding ortho intramolecular Hbond substituents is 1. The van der Waals surface area contributed by atoms with E-state index in [0.717, 1.165) is 52.3 Å². The van der Waals surface area contributed by atoms with Crippen molar-refractivity contribution in [2.45, 2.75) is 138 Å². The molecule has 0 fully saturated rings. The topological polar surface area (TPSA) is 55.7 Å². The first-order chi connectivity index (χ1) is 20.6. The van der Waals surface area contributed by atoms with Crippen LogP contribution in [0.4, 0.5) is 0 Å². The molecular formula is C40H57O4P. The highest BCUT2D eigenvalue weighted by molar-refractivity contribution is 7.31. The predicted molar refractivity (Wildman–Crippen MR) is 193 cm³/mol. The molecule has 1 heterocycles. The van der Waals surface area contributed by atoms with Crippen LogP contribution in [0.5, 0.6) is 5.75 Å². The molecule has 45 heavy (non-hydrogen) atoms. The van der Waals surface area contributed by atoms with Crippen molar-refractivity contribution < 1.29 is 18.0 Å². The molecule has 0 radical (unpaired) electrons. The number of hydrogen-bond donors (Lipinski definition) is 1. The highest BCUT2D eigenvalue weighted by Gasteiger charge is 2.29. The van der Waals surface area contributed by atoms with Gasteiger partial charge in [0.1, 0.15) is 16.9 Å². The first-order valence-corrected chi connectivity index (χ1v) is 17.7. The van der Waals surface area contributed by atoms with Gasteiger partial charge in [0.05, 0.1) is 6.61 Å². The van der Waals surface area contributed by atoms with Crippen molar-refractivity contribution in [1.29, 1.82) is 0 Å². The van der Waals surface area contributed by atoms with E-state index in [1.54, 1.807) is 0 Å². The van der Waals surface area contributed by atoms with E-state index in [9.17, 15) is 5.11 Å². The van der Waals surface area contributed by atoms with E-state index < -0.39 is 8.24 Å². The number of hydrogen-bond acceptors (Lipinski definition) is 4. The average molecular weight is 633 g/mol. The summed E-state index contributed by atoms with van der Waals surface area (Å²) in [6.07, 6.45) is 2.49. The number of aryl methyl sites for hydroxylation is 3. The molecule has 0 aliphatic rings. The van der Waals surface area contributed by atoms with Gasteiger partial charge >= 0.3 is 8.24 Å². The fourth-order valence-electron chi connectivity index (χ4n) is 5.88. The van der Waals surface area contributed by atoms with Crippen molar-refractivity contribution in [1.82, 2.24) is 0 Å². The van der Waals surface area contributed by atoms with Gasteiger partial charge < -0.3 is 13.5 Å². The smallest absolute Gasteiger partial charge is 0.387 e. The molecule has 1 unspecified atom stereocenters. The molecule has 1 aromatic heterocycles. The van der Waals surface area contributed by atoms with E-state index in [2.05, 4.69) is 126 Å². The SMILES string of the molecule is CCc1cc(CCCOp2oc3cc(C(C)(C)C)cc(C(C)(C)C)c3c3cc(C(C)(C)C)cc(C(C)(C)C)c3o2)cc(C)c1O. The Labute approximate surface area is 273 Å². The van der Waals surface area contributed by atoms with Crippen molar-refractivity contribution >= 4 is 30.2 Å². The molecule has 4 rings (SSSR count). The van der Waals surface area contributed by atoms with Crippen molar-refractivity contribution in [3.05, 3.63) is 75.3 Å². The zero-order valence-electron chi connectivity index (χ0n) is 30.4. The summed E-state index contributed by atoms with van der Waals surface area (Å²) in [4.78, 5) is 0. The molecule has 0 aliphatic heterocycles. The summed E-state index contributed by atoms with van der Waals surface area (Å²) in [6, 6.07) is 13.4. The third-order valence-corrected chi connectivity index (χ3v) is 9.84. The monoisotopic (exact) mass is 632 g/mol. The summed E-state index contributed by atoms with van der Waals surface area (Å²) in [5.74, 6) is 0.409. The Balaban J connectivity index is 1.97. The molecule has 0 aliphatic carbocycles. The van der Waals surface area contributed by atoms with Crippen LogP contribution in [0.3, 0.4) is 0 Å². The molecule has 1 N–H and O–H groups in total. The fraction of sp³-hybridized carbons (Fsp3) is 0.550. The van der Waals surface area contributed by atoms with Crippen LogP contribution in [-0.4, -0.2) is 11.7 Å². The van der Waals surface area contributed by atoms with Crippen LogP contribution < -0.4 is 4.52 Å². The molecule has 0 spiro atoms. The van der Waals surface area contributed by atoms with Crippen molar-refractivity contribution in [2.75, 3.05) is 6.61 Å². The zero-order chi connectivity index (χ0) is 33.7. The number of aromatic hydroxyl groups is 1. The summed E-state index contributed by atoms with van der Waals surface area (Å²) < 4.78 is 20.2. The lowest BCUT2D eigenvalue weighted by Crippen LogP contribution is -2.18. The average Bonchev–Trinajstić information content (AvgIpc) is 3.06. The lowest BCUT2D eigenvalue weighted by atomic mass is 9.76. The van der Waals surface area contributed by atoms with Gasteiger partial charge in [-0.25, -0.2) is 0 Å². The molecule has 0 amide bonds. The first-order valence-electron chi connectivity index (χ1n) is 16.6. The summed E-state index contributed by atoms with van der Waals surface area (Å²) in [6.45, 7) is 31.8. The van der Waals surface area contributed by atoms with Gasteiger partial charge in [-0.05, 0) is 93.4 Å². The van der Waals surface area contributed by atoms with Crippen molar-refractivity contribution in [3.63, 3.8) is 0 Å². The molecule has 4 nitrogen and oxygen atoms in total. The second kappa shape index (κ2) is 12.5. The van der Waals surface area contributed by atoms with Gasteiger partial charge in [0.25, 0.3) is 0 Å². The van der Waals surface area contributed by atoms with Crippen LogP contribution in [0.2, 0.25) is 0 Å². The third kappa shape index (κ3) is 7.83. The van der Waals surface area contributed by atoms with Crippen molar-refractivity contribution in [3.8, 4) is 5.75 Å². The van der Waals surface area contributed by atoms with E-state index in [-0.39, 0.29) is 21.7 Å². The Morgan fingerprint density at radius 2 is 1.29 bits per heavy atom. The van der Waals surface area contributed by atoms with Gasteiger partial charge in [0.2, 0.25) is 0 Å². The standard InChI is InChI=1S/C40H57O4P/c1-15-27-20-26(19-25(2)35(27)41)17-16-18-42-45-43-33-24-29(38(6,7)8)22-31(39(9,10)11)34(33)30-21-28(37(3,4)5)23-32(36(30)44-45)40(12,13)14/h19-24,41H,15-18H2,1-14H3. The lowest BCUT2D eigenvalue weighted by Gasteiger charge is -2.28. The number of fused-ring (bicyclic) bond motifs is 3. The third-order valence-electron chi connectivity index (χ3n) is 8.77. The van der Waals surface area contributed by atoms with E-state index in [0.29, 0.717) is 12.4 Å². The van der Waals surface area contributed by atoms with Gasteiger partial charge in [-0.3, -0.25) is 4.52 Å². The minimum Gasteiger partial charge on any atom is -0.507 e. The summed E-state index contributed by atoms with van der Waals surface area (Å²) >= 11 is 0. The normalized spacial score (nSPS) is 13.6. The lowest BCUT2D eigenvalue weighted by molar-refractivity contribution is 0.364. The van der Waals surface area contributed by atoms with Crippen LogP contribution in [-0.2, 0) is 34.5 Å². The van der Waals surface area contributed by atoms with E-state index in [4.69, 9.17) is 12.9 Å². The number of benzene rings is 3. The highest BCUT2D eigenvalue weighted by atomic mass is 31.1. The highest BCUT2D eigenvalue weighted by Crippen LogP contribution is 2.45. The molecule has 5 heteroatoms. The summed E-state index contributed by atoms with van der Waals surface area (Å²) in [5, 5.41) is 12.6. The molecule has 0 saturated heterocycles. The van der Waals surface area contributed by atoms with Gasteiger partial charge in [0.15, 0.2) is 0 Å². The summed E-state index contributed by atoms with van der Waals surface area (Å²) in [7, 11) is -1.71. The van der Waals surface area contributed by atoms with Crippen LogP contribution >= 0.6 is 8.24 Å². The summed E-state index contributed by atoms with van der Waals surface area (Å²) in [5.41, 5.74) is 9.41. The molecule has 246 valence electrons. The Morgan fingerprint density at radius 3 is 1.84 bits per heavy atom. The quantitative estimate of drug-likeness (QED) is 0.215. The molecule has 1 atom stereocenters. The van der Waals surface area contributed by atoms with Crippen LogP contribution in [0, 0.1) is 6.92 Å². The fourth-order valence-corrected chi connectivity index (χ4v) is 6.95. The Morgan fingerprint density at radius 1 is 0.711 bits per heavy atom. The molecule has 4 aromatic rings. The molecular weight excluding hydrogens is 575 g/mol. The van der Waals surface area contributed by atoms with E-state index in [1.165, 1.54) is 27.8 Å². The van der Waals surface area contributed by atoms with Gasteiger partial charge in [-0.1, -0.05) is 114 Å². The molecule has 3 aromatic carbocycles. The zero-order valence-corrected chi connectivity index (χ0v) is 31.3. The largest absolute Gasteiger partial charge is 0.507 e. The maximum atomic E-state index is 10.4. The van der Waals surface area contributed by atoms with E-state index >= 15 is 0 Å². The van der Waals surface area contributed by atoms with Gasteiger partial charge in [-0.2, -0.15) is 0 Å². The Hall–Kier alpha value is -2.68. The van der Waals surface area contributed by atoms with Gasteiger partial charge in [0, 0.05) is 16.3 Å². The predicted octanol–water partition coefficient (Wildman–Crippen LogP) is 12.1. The van der Waals surface area contributed by atoms with Gasteiger partial charge in [-0.15, -0.1) is 0 Å². The molecule has 0 saturated carbocycles. The maximum Gasteiger partial charge on any atom is 0.387 e. The minimum atomic E-state index is -1.71. The van der Waals surface area contributed by atoms with Crippen LogP contribution in [0.25, 0.3) is 21.9 Å². The van der Waals surface area contributed by atoms with Crippen LogP contribution in [0.1, 0.15) is 135 Å². The van der Waals surface area contributed by atoms with Crippen molar-refractivity contribution in [2.24, 2.45) is 0 Å². The first kappa shape index (κ1) is 35.2. The maximum absolute atomic E-state index is 10.4. The number of rotatable bonds is 6. The Bertz CT molecular complexity index is 1730.